The zero-order valence-corrected chi connectivity index (χ0v) is 15.0. The molecule has 0 aromatic heterocycles. The number of carbonyl (C=O) groups is 2. The van der Waals surface area contributed by atoms with Crippen LogP contribution in [0, 0.1) is 0 Å². The van der Waals surface area contributed by atoms with Crippen molar-refractivity contribution in [2.75, 3.05) is 39.6 Å². The van der Waals surface area contributed by atoms with Crippen molar-refractivity contribution in [1.29, 1.82) is 0 Å². The van der Waals surface area contributed by atoms with Crippen LogP contribution in [0.4, 0.5) is 0 Å². The molecule has 7 nitrogen and oxygen atoms in total. The Bertz CT molecular complexity index is 221. The molecule has 0 atom stereocenters. The smallest absolute Gasteiger partial charge is 0.302 e. The average Bonchev–Trinajstić information content (AvgIpc) is 2.52. The summed E-state index contributed by atoms with van der Waals surface area (Å²) in [6, 6.07) is 0. The van der Waals surface area contributed by atoms with Crippen molar-refractivity contribution >= 4 is 11.9 Å². The average molecular weight is 338 g/mol. The molecule has 7 heteroatoms. The van der Waals surface area contributed by atoms with E-state index >= 15 is 0 Å². The Balaban J connectivity index is -0.000000264. The lowest BCUT2D eigenvalue weighted by atomic mass is 10.3. The van der Waals surface area contributed by atoms with E-state index in [0.29, 0.717) is 0 Å². The minimum absolute atomic E-state index is 0.0976. The summed E-state index contributed by atoms with van der Waals surface area (Å²) in [7, 11) is 0. The highest BCUT2D eigenvalue weighted by atomic mass is 16.5. The molecule has 140 valence electrons. The fourth-order valence-electron chi connectivity index (χ4n) is 0.974. The van der Waals surface area contributed by atoms with Crippen LogP contribution >= 0.6 is 0 Å². The van der Waals surface area contributed by atoms with Crippen molar-refractivity contribution in [3.8, 4) is 0 Å². The Morgan fingerprint density at radius 3 is 1.26 bits per heavy atom. The highest BCUT2D eigenvalue weighted by Crippen LogP contribution is 1.91. The van der Waals surface area contributed by atoms with Gasteiger partial charge in [-0.15, -0.1) is 0 Å². The highest BCUT2D eigenvalue weighted by molar-refractivity contribution is 5.66. The number of carbonyl (C=O) groups excluding carboxylic acids is 2. The fourth-order valence-corrected chi connectivity index (χ4v) is 0.974. The molecule has 0 rings (SSSR count). The normalized spacial score (nSPS) is 8.96. The number of hydrogen-bond donors (Lipinski definition) is 2. The van der Waals surface area contributed by atoms with E-state index in [1.807, 2.05) is 0 Å². The van der Waals surface area contributed by atoms with Crippen LogP contribution in [0.1, 0.15) is 53.4 Å². The van der Waals surface area contributed by atoms with E-state index in [9.17, 15) is 9.59 Å². The molecule has 0 aliphatic rings. The second kappa shape index (κ2) is 25.8. The molecule has 0 bridgehead atoms. The Hall–Kier alpha value is -1.18. The van der Waals surface area contributed by atoms with Gasteiger partial charge in [-0.25, -0.2) is 0 Å². The molecule has 0 spiro atoms. The zero-order valence-electron chi connectivity index (χ0n) is 15.0. The molecule has 23 heavy (non-hydrogen) atoms. The third kappa shape index (κ3) is 44.9. The predicted molar refractivity (Wildman–Crippen MR) is 88.1 cm³/mol. The van der Waals surface area contributed by atoms with E-state index < -0.39 is 0 Å². The molecular formula is C16H34O7. The first-order valence-corrected chi connectivity index (χ1v) is 8.02. The summed E-state index contributed by atoms with van der Waals surface area (Å²) in [4.78, 5) is 19.7. The number of rotatable bonds is 10. The zero-order chi connectivity index (χ0) is 18.3. The maximum Gasteiger partial charge on any atom is 0.302 e. The van der Waals surface area contributed by atoms with Gasteiger partial charge in [0.25, 0.3) is 0 Å². The maximum absolute atomic E-state index is 9.87. The molecular weight excluding hydrogens is 304 g/mol. The number of ether oxygens (including phenoxy) is 3. The standard InChI is InChI=1S/C8H18O.2C4H8O3/c1-3-5-7-9-8-6-4-2;2*1-4(6)7-3-2-5/h3-8H2,1-2H3;2*5H,2-3H2,1H3. The molecule has 0 radical (unpaired) electrons. The van der Waals surface area contributed by atoms with Gasteiger partial charge < -0.3 is 24.4 Å². The largest absolute Gasteiger partial charge is 0.463 e. The summed E-state index contributed by atoms with van der Waals surface area (Å²) in [6.45, 7) is 8.90. The van der Waals surface area contributed by atoms with Crippen molar-refractivity contribution in [3.63, 3.8) is 0 Å². The Kier molecular flexibility index (Phi) is 29.9. The number of unbranched alkanes of at least 4 members (excludes halogenated alkanes) is 2. The number of aliphatic hydroxyl groups is 2. The molecule has 0 unspecified atom stereocenters. The van der Waals surface area contributed by atoms with Crippen LogP contribution in [0.25, 0.3) is 0 Å². The summed E-state index contributed by atoms with van der Waals surface area (Å²) in [6.07, 6.45) is 4.91. The van der Waals surface area contributed by atoms with Gasteiger partial charge in [0.15, 0.2) is 0 Å². The van der Waals surface area contributed by atoms with Gasteiger partial charge in [-0.05, 0) is 12.8 Å². The summed E-state index contributed by atoms with van der Waals surface area (Å²) in [5.41, 5.74) is 0. The van der Waals surface area contributed by atoms with Gasteiger partial charge in [0.05, 0.1) is 13.2 Å². The molecule has 0 heterocycles. The molecule has 0 aliphatic heterocycles. The van der Waals surface area contributed by atoms with E-state index in [4.69, 9.17) is 14.9 Å². The van der Waals surface area contributed by atoms with Crippen LogP contribution in [0.2, 0.25) is 0 Å². The predicted octanol–water partition coefficient (Wildman–Crippen LogP) is 1.69. The lowest BCUT2D eigenvalue weighted by Crippen LogP contribution is -2.03. The monoisotopic (exact) mass is 338 g/mol. The minimum atomic E-state index is -0.353. The molecule has 2 N–H and O–H groups in total. The van der Waals surface area contributed by atoms with E-state index in [1.165, 1.54) is 39.5 Å². The Morgan fingerprint density at radius 1 is 0.739 bits per heavy atom. The van der Waals surface area contributed by atoms with Crippen molar-refractivity contribution in [1.82, 2.24) is 0 Å². The molecule has 0 aromatic rings. The topological polar surface area (TPSA) is 102 Å². The number of hydrogen-bond acceptors (Lipinski definition) is 7. The van der Waals surface area contributed by atoms with Crippen molar-refractivity contribution in [2.45, 2.75) is 53.4 Å². The molecule has 0 saturated heterocycles. The van der Waals surface area contributed by atoms with Gasteiger partial charge in [-0.3, -0.25) is 9.59 Å². The molecule has 0 aromatic carbocycles. The van der Waals surface area contributed by atoms with Gasteiger partial charge in [0.1, 0.15) is 13.2 Å². The maximum atomic E-state index is 9.87. The van der Waals surface area contributed by atoms with Gasteiger partial charge in [-0.1, -0.05) is 26.7 Å². The van der Waals surface area contributed by atoms with E-state index in [1.54, 1.807) is 0 Å². The van der Waals surface area contributed by atoms with E-state index in [2.05, 4.69) is 23.3 Å². The quantitative estimate of drug-likeness (QED) is 0.461. The first kappa shape index (κ1) is 26.7. The van der Waals surface area contributed by atoms with Gasteiger partial charge >= 0.3 is 11.9 Å². The second-order valence-corrected chi connectivity index (χ2v) is 4.45. The lowest BCUT2D eigenvalue weighted by molar-refractivity contribution is -0.142. The van der Waals surface area contributed by atoms with Gasteiger partial charge in [0, 0.05) is 27.1 Å². The molecule has 0 aliphatic carbocycles. The summed E-state index contributed by atoms with van der Waals surface area (Å²) < 4.78 is 13.9. The van der Waals surface area contributed by atoms with Gasteiger partial charge in [-0.2, -0.15) is 0 Å². The SMILES string of the molecule is CC(=O)OCCO.CC(=O)OCCO.CCCCOCCCC. The first-order chi connectivity index (χ1) is 11.0. The number of esters is 2. The third-order valence-electron chi connectivity index (χ3n) is 2.08. The highest BCUT2D eigenvalue weighted by Gasteiger charge is 1.87. The van der Waals surface area contributed by atoms with E-state index in [0.717, 1.165) is 13.2 Å². The number of aliphatic hydroxyl groups excluding tert-OH is 2. The van der Waals surface area contributed by atoms with Crippen LogP contribution in [0.15, 0.2) is 0 Å². The van der Waals surface area contributed by atoms with Crippen molar-refractivity contribution < 1.29 is 34.0 Å². The summed E-state index contributed by atoms with van der Waals surface area (Å²) in [5.74, 6) is -0.705. The Morgan fingerprint density at radius 2 is 1.09 bits per heavy atom. The molecule has 0 amide bonds. The molecule has 0 saturated carbocycles. The van der Waals surface area contributed by atoms with Crippen molar-refractivity contribution in [2.24, 2.45) is 0 Å². The summed E-state index contributed by atoms with van der Waals surface area (Å²) in [5, 5.41) is 16.1. The third-order valence-corrected chi connectivity index (χ3v) is 2.08. The van der Waals surface area contributed by atoms with Crippen LogP contribution in [-0.4, -0.2) is 61.8 Å². The van der Waals surface area contributed by atoms with Crippen LogP contribution in [0.3, 0.4) is 0 Å². The fraction of sp³-hybridized carbons (Fsp3) is 0.875. The lowest BCUT2D eigenvalue weighted by Gasteiger charge is -1.99. The van der Waals surface area contributed by atoms with Gasteiger partial charge in [0.2, 0.25) is 0 Å². The minimum Gasteiger partial charge on any atom is -0.463 e. The van der Waals surface area contributed by atoms with Crippen LogP contribution in [0.5, 0.6) is 0 Å². The van der Waals surface area contributed by atoms with Crippen molar-refractivity contribution in [3.05, 3.63) is 0 Å². The summed E-state index contributed by atoms with van der Waals surface area (Å²) >= 11 is 0. The molecule has 0 fully saturated rings. The van der Waals surface area contributed by atoms with Crippen LogP contribution in [-0.2, 0) is 23.8 Å². The van der Waals surface area contributed by atoms with E-state index in [-0.39, 0.29) is 38.4 Å². The second-order valence-electron chi connectivity index (χ2n) is 4.45. The van der Waals surface area contributed by atoms with Crippen LogP contribution < -0.4 is 0 Å². The Labute approximate surface area is 139 Å². The first-order valence-electron chi connectivity index (χ1n) is 8.02.